The van der Waals surface area contributed by atoms with E-state index >= 15 is 0 Å². The first kappa shape index (κ1) is 17.7. The summed E-state index contributed by atoms with van der Waals surface area (Å²) in [5, 5.41) is 2.91. The average Bonchev–Trinajstić information content (AvgIpc) is 2.69. The Morgan fingerprint density at radius 3 is 2.70 bits per heavy atom. The summed E-state index contributed by atoms with van der Waals surface area (Å²) in [5.41, 5.74) is 10.8. The van der Waals surface area contributed by atoms with Crippen LogP contribution in [0.2, 0.25) is 5.02 Å². The molecule has 3 aromatic carbocycles. The lowest BCUT2D eigenvalue weighted by Gasteiger charge is -2.12. The molecule has 0 amide bonds. The van der Waals surface area contributed by atoms with Crippen molar-refractivity contribution in [2.24, 2.45) is 0 Å². The second-order valence-electron chi connectivity index (χ2n) is 6.30. The van der Waals surface area contributed by atoms with Crippen molar-refractivity contribution >= 4 is 45.7 Å². The third-order valence-electron chi connectivity index (χ3n) is 4.42. The molecule has 0 unspecified atom stereocenters. The molecule has 0 saturated carbocycles. The van der Waals surface area contributed by atoms with Crippen molar-refractivity contribution in [3.63, 3.8) is 0 Å². The quantitative estimate of drug-likeness (QED) is 0.305. The van der Waals surface area contributed by atoms with Gasteiger partial charge in [0, 0.05) is 27.7 Å². The number of hydrogen-bond donors (Lipinski definition) is 2. The van der Waals surface area contributed by atoms with Crippen molar-refractivity contribution in [2.75, 3.05) is 10.5 Å². The van der Waals surface area contributed by atoms with Crippen LogP contribution in [0.4, 0.5) is 11.4 Å². The smallest absolute Gasteiger partial charge is 0.0783 e. The van der Waals surface area contributed by atoms with E-state index < -0.39 is 0 Å². The molecule has 0 atom stereocenters. The number of halogens is 1. The molecule has 4 rings (SSSR count). The molecule has 0 aliphatic rings. The van der Waals surface area contributed by atoms with Crippen LogP contribution in [-0.2, 0) is 0 Å². The van der Waals surface area contributed by atoms with Crippen LogP contribution in [0.1, 0.15) is 5.56 Å². The van der Waals surface area contributed by atoms with Crippen LogP contribution in [-0.4, -0.2) is 4.98 Å². The van der Waals surface area contributed by atoms with Crippen molar-refractivity contribution in [1.82, 2.24) is 4.98 Å². The maximum absolute atomic E-state index is 5.99. The van der Waals surface area contributed by atoms with Gasteiger partial charge in [0.2, 0.25) is 0 Å². The summed E-state index contributed by atoms with van der Waals surface area (Å²) < 4.78 is 3.38. The molecular formula is C22H18ClN3S. The van der Waals surface area contributed by atoms with Gasteiger partial charge in [-0.2, -0.15) is 0 Å². The number of hydrogen-bond acceptors (Lipinski definition) is 4. The van der Waals surface area contributed by atoms with Crippen molar-refractivity contribution < 1.29 is 0 Å². The number of nitrogens with two attached hydrogens (primary N) is 1. The zero-order valence-corrected chi connectivity index (χ0v) is 16.3. The molecule has 27 heavy (non-hydrogen) atoms. The maximum atomic E-state index is 5.99. The monoisotopic (exact) mass is 391 g/mol. The minimum Gasteiger partial charge on any atom is -0.397 e. The molecule has 0 radical (unpaired) electrons. The Labute approximate surface area is 167 Å². The molecule has 0 spiro atoms. The van der Waals surface area contributed by atoms with Crippen LogP contribution in [0.3, 0.4) is 0 Å². The largest absolute Gasteiger partial charge is 0.397 e. The summed E-state index contributed by atoms with van der Waals surface area (Å²) in [6.45, 7) is 2.11. The third-order valence-corrected chi connectivity index (χ3v) is 5.59. The lowest BCUT2D eigenvalue weighted by molar-refractivity contribution is 1.33. The summed E-state index contributed by atoms with van der Waals surface area (Å²) in [4.78, 5) is 5.66. The highest BCUT2D eigenvalue weighted by atomic mass is 35.5. The summed E-state index contributed by atoms with van der Waals surface area (Å²) in [7, 11) is 0. The number of fused-ring (bicyclic) bond motifs is 1. The number of anilines is 2. The molecule has 5 heteroatoms. The second kappa shape index (κ2) is 7.51. The highest BCUT2D eigenvalue weighted by Crippen LogP contribution is 2.33. The van der Waals surface area contributed by atoms with E-state index in [0.717, 1.165) is 27.2 Å². The first-order chi connectivity index (χ1) is 13.1. The SMILES string of the molecule is Cc1ccc(NSc2ccc(Cl)c(N)c2)cc1-c1nccc2ccccc12. The molecule has 134 valence electrons. The van der Waals surface area contributed by atoms with Gasteiger partial charge in [0.15, 0.2) is 0 Å². The average molecular weight is 392 g/mol. The van der Waals surface area contributed by atoms with Gasteiger partial charge in [0.05, 0.1) is 16.4 Å². The minimum atomic E-state index is 0.569. The molecule has 0 aliphatic carbocycles. The van der Waals surface area contributed by atoms with Crippen LogP contribution in [0, 0.1) is 6.92 Å². The lowest BCUT2D eigenvalue weighted by atomic mass is 10.00. The molecule has 4 aromatic rings. The molecule has 0 saturated heterocycles. The molecule has 1 heterocycles. The predicted molar refractivity (Wildman–Crippen MR) is 117 cm³/mol. The number of pyridine rings is 1. The third kappa shape index (κ3) is 3.72. The summed E-state index contributed by atoms with van der Waals surface area (Å²) in [5.74, 6) is 0. The maximum Gasteiger partial charge on any atom is 0.0783 e. The number of nitrogens with one attached hydrogen (secondary N) is 1. The Morgan fingerprint density at radius 1 is 1.00 bits per heavy atom. The first-order valence-electron chi connectivity index (χ1n) is 8.54. The van der Waals surface area contributed by atoms with Gasteiger partial charge in [-0.3, -0.25) is 4.98 Å². The fourth-order valence-electron chi connectivity index (χ4n) is 2.98. The van der Waals surface area contributed by atoms with E-state index in [1.807, 2.05) is 42.6 Å². The van der Waals surface area contributed by atoms with E-state index in [1.54, 1.807) is 0 Å². The van der Waals surface area contributed by atoms with E-state index in [4.69, 9.17) is 17.3 Å². The molecule has 1 aromatic heterocycles. The molecule has 0 bridgehead atoms. The standard InChI is InChI=1S/C22H18ClN3S/c1-14-6-7-16(26-27-17-8-9-20(23)21(24)13-17)12-19(14)22-18-5-3-2-4-15(18)10-11-25-22/h2-13,26H,24H2,1H3. The first-order valence-corrected chi connectivity index (χ1v) is 9.74. The number of aromatic nitrogens is 1. The van der Waals surface area contributed by atoms with Crippen molar-refractivity contribution in [1.29, 1.82) is 0 Å². The van der Waals surface area contributed by atoms with E-state index in [-0.39, 0.29) is 0 Å². The van der Waals surface area contributed by atoms with Crippen LogP contribution >= 0.6 is 23.5 Å². The minimum absolute atomic E-state index is 0.569. The number of nitrogen functional groups attached to an aromatic ring is 1. The lowest BCUT2D eigenvalue weighted by Crippen LogP contribution is -1.93. The van der Waals surface area contributed by atoms with Gasteiger partial charge in [-0.15, -0.1) is 0 Å². The normalized spacial score (nSPS) is 10.9. The second-order valence-corrected chi connectivity index (χ2v) is 7.58. The van der Waals surface area contributed by atoms with Crippen molar-refractivity contribution in [3.8, 4) is 11.3 Å². The van der Waals surface area contributed by atoms with Crippen LogP contribution in [0.15, 0.2) is 77.8 Å². The fourth-order valence-corrected chi connectivity index (χ4v) is 3.78. The van der Waals surface area contributed by atoms with Crippen LogP contribution < -0.4 is 10.5 Å². The summed E-state index contributed by atoms with van der Waals surface area (Å²) in [6, 6.07) is 22.3. The number of rotatable bonds is 4. The molecule has 0 fully saturated rings. The van der Waals surface area contributed by atoms with Gasteiger partial charge >= 0.3 is 0 Å². The van der Waals surface area contributed by atoms with E-state index in [1.165, 1.54) is 22.9 Å². The topological polar surface area (TPSA) is 50.9 Å². The number of benzene rings is 3. The van der Waals surface area contributed by atoms with Gasteiger partial charge in [-0.1, -0.05) is 41.9 Å². The molecule has 3 nitrogen and oxygen atoms in total. The zero-order valence-electron chi connectivity index (χ0n) is 14.7. The van der Waals surface area contributed by atoms with Crippen molar-refractivity contribution in [3.05, 3.63) is 83.5 Å². The predicted octanol–water partition coefficient (Wildman–Crippen LogP) is 6.57. The zero-order chi connectivity index (χ0) is 18.8. The Kier molecular flexibility index (Phi) is 4.92. The van der Waals surface area contributed by atoms with E-state index in [9.17, 15) is 0 Å². The Morgan fingerprint density at radius 2 is 1.85 bits per heavy atom. The van der Waals surface area contributed by atoms with Crippen LogP contribution in [0.5, 0.6) is 0 Å². The number of aryl methyl sites for hydroxylation is 1. The fraction of sp³-hybridized carbons (Fsp3) is 0.0455. The van der Waals surface area contributed by atoms with E-state index in [2.05, 4.69) is 47.0 Å². The Hall–Kier alpha value is -2.69. The summed E-state index contributed by atoms with van der Waals surface area (Å²) >= 11 is 7.49. The Balaban J connectivity index is 1.66. The Bertz CT molecular complexity index is 1120. The van der Waals surface area contributed by atoms with Crippen molar-refractivity contribution in [2.45, 2.75) is 11.8 Å². The van der Waals surface area contributed by atoms with Crippen LogP contribution in [0.25, 0.3) is 22.0 Å². The molecule has 0 aliphatic heterocycles. The summed E-state index contributed by atoms with van der Waals surface area (Å²) in [6.07, 6.45) is 1.86. The van der Waals surface area contributed by atoms with Gasteiger partial charge in [0.1, 0.15) is 0 Å². The molecular weight excluding hydrogens is 374 g/mol. The molecule has 3 N–H and O–H groups in total. The van der Waals surface area contributed by atoms with Gasteiger partial charge in [-0.25, -0.2) is 0 Å². The van der Waals surface area contributed by atoms with Gasteiger partial charge < -0.3 is 10.5 Å². The van der Waals surface area contributed by atoms with Gasteiger partial charge in [0.25, 0.3) is 0 Å². The highest BCUT2D eigenvalue weighted by Gasteiger charge is 2.09. The van der Waals surface area contributed by atoms with E-state index in [0.29, 0.717) is 10.7 Å². The van der Waals surface area contributed by atoms with Gasteiger partial charge in [-0.05, 0) is 66.2 Å². The highest BCUT2D eigenvalue weighted by molar-refractivity contribution is 8.00. The number of nitrogens with zero attached hydrogens (tertiary/aromatic N) is 1.